The number of hydrogen-bond acceptors (Lipinski definition) is 9. The molecule has 0 aliphatic heterocycles. The standard InChI is InChI=1S/C14H15N9O2/c1-2-4-10-11(18-22-23(10)13-12(15)20-25-21-13)14(24)19-17-8-9-5-3-6-16-7-9/h3,5-8H,2,4H2,1H3,(H2,15,20)(H,19,24)/b17-8-. The lowest BCUT2D eigenvalue weighted by Gasteiger charge is -2.03. The Morgan fingerprint density at radius 1 is 1.48 bits per heavy atom. The van der Waals surface area contributed by atoms with Crippen LogP contribution in [-0.4, -0.2) is 42.4 Å². The maximum absolute atomic E-state index is 12.4. The van der Waals surface area contributed by atoms with Crippen LogP contribution in [0.15, 0.2) is 34.3 Å². The van der Waals surface area contributed by atoms with Crippen LogP contribution in [0.25, 0.3) is 5.82 Å². The van der Waals surface area contributed by atoms with Gasteiger partial charge in [-0.1, -0.05) is 24.6 Å². The summed E-state index contributed by atoms with van der Waals surface area (Å²) in [6.45, 7) is 1.96. The second-order valence-electron chi connectivity index (χ2n) is 5.01. The molecule has 1 amide bonds. The van der Waals surface area contributed by atoms with Gasteiger partial charge in [0.25, 0.3) is 5.91 Å². The molecule has 3 aromatic rings. The zero-order valence-corrected chi connectivity index (χ0v) is 13.3. The summed E-state index contributed by atoms with van der Waals surface area (Å²) in [4.78, 5) is 16.3. The van der Waals surface area contributed by atoms with Gasteiger partial charge in [0, 0.05) is 18.0 Å². The van der Waals surface area contributed by atoms with Gasteiger partial charge in [-0.15, -0.1) is 5.10 Å². The lowest BCUT2D eigenvalue weighted by molar-refractivity contribution is 0.0949. The van der Waals surface area contributed by atoms with Gasteiger partial charge in [-0.2, -0.15) is 9.78 Å². The van der Waals surface area contributed by atoms with Crippen molar-refractivity contribution in [2.45, 2.75) is 19.8 Å². The van der Waals surface area contributed by atoms with Gasteiger partial charge in [0.15, 0.2) is 5.69 Å². The summed E-state index contributed by atoms with van der Waals surface area (Å²) in [5.74, 6) is -0.248. The van der Waals surface area contributed by atoms with E-state index in [-0.39, 0.29) is 17.3 Å². The number of nitrogen functional groups attached to an aromatic ring is 1. The van der Waals surface area contributed by atoms with Gasteiger partial charge in [-0.05, 0) is 22.8 Å². The van der Waals surface area contributed by atoms with E-state index in [9.17, 15) is 4.79 Å². The number of nitrogens with one attached hydrogen (secondary N) is 1. The molecular formula is C14H15N9O2. The summed E-state index contributed by atoms with van der Waals surface area (Å²) in [6, 6.07) is 3.58. The summed E-state index contributed by atoms with van der Waals surface area (Å²) < 4.78 is 5.92. The van der Waals surface area contributed by atoms with E-state index in [4.69, 9.17) is 5.73 Å². The summed E-state index contributed by atoms with van der Waals surface area (Å²) in [5.41, 5.74) is 9.52. The Hall–Kier alpha value is -3.63. The fourth-order valence-corrected chi connectivity index (χ4v) is 2.12. The predicted molar refractivity (Wildman–Crippen MR) is 86.9 cm³/mol. The van der Waals surface area contributed by atoms with Crippen LogP contribution in [0.1, 0.15) is 35.1 Å². The number of nitrogens with zero attached hydrogens (tertiary/aromatic N) is 7. The Bertz CT molecular complexity index is 885. The predicted octanol–water partition coefficient (Wildman–Crippen LogP) is 0.344. The highest BCUT2D eigenvalue weighted by Gasteiger charge is 2.23. The van der Waals surface area contributed by atoms with Crippen molar-refractivity contribution in [3.05, 3.63) is 41.5 Å². The van der Waals surface area contributed by atoms with Crippen LogP contribution >= 0.6 is 0 Å². The molecule has 0 unspecified atom stereocenters. The molecule has 0 saturated heterocycles. The monoisotopic (exact) mass is 341 g/mol. The van der Waals surface area contributed by atoms with Crippen molar-refractivity contribution in [3.8, 4) is 5.82 Å². The molecule has 3 aromatic heterocycles. The number of nitrogens with two attached hydrogens (primary N) is 1. The summed E-state index contributed by atoms with van der Waals surface area (Å²) >= 11 is 0. The van der Waals surface area contributed by atoms with Crippen LogP contribution in [-0.2, 0) is 6.42 Å². The first kappa shape index (κ1) is 16.2. The SMILES string of the molecule is CCCc1c(C(=O)N/N=C\c2cccnc2)nnn1-c1nonc1N. The minimum atomic E-state index is -0.495. The number of carbonyl (C=O) groups is 1. The zero-order valence-electron chi connectivity index (χ0n) is 13.3. The van der Waals surface area contributed by atoms with Crippen molar-refractivity contribution in [1.82, 2.24) is 35.7 Å². The van der Waals surface area contributed by atoms with Gasteiger partial charge in [0.05, 0.1) is 11.9 Å². The van der Waals surface area contributed by atoms with Crippen LogP contribution in [0, 0.1) is 0 Å². The molecule has 0 aromatic carbocycles. The van der Waals surface area contributed by atoms with Crippen molar-refractivity contribution in [2.75, 3.05) is 5.73 Å². The van der Waals surface area contributed by atoms with E-state index in [0.29, 0.717) is 12.1 Å². The molecule has 11 nitrogen and oxygen atoms in total. The maximum Gasteiger partial charge on any atom is 0.293 e. The first-order chi connectivity index (χ1) is 12.2. The van der Waals surface area contributed by atoms with Crippen LogP contribution in [0.5, 0.6) is 0 Å². The summed E-state index contributed by atoms with van der Waals surface area (Å²) in [5, 5.41) is 18.9. The molecule has 25 heavy (non-hydrogen) atoms. The number of carbonyl (C=O) groups excluding carboxylic acids is 1. The summed E-state index contributed by atoms with van der Waals surface area (Å²) in [7, 11) is 0. The number of hydrazone groups is 1. The molecule has 11 heteroatoms. The average molecular weight is 341 g/mol. The normalized spacial score (nSPS) is 11.1. The largest absolute Gasteiger partial charge is 0.378 e. The quantitative estimate of drug-likeness (QED) is 0.481. The third kappa shape index (κ3) is 3.49. The van der Waals surface area contributed by atoms with Crippen LogP contribution in [0.4, 0.5) is 5.82 Å². The Morgan fingerprint density at radius 3 is 3.04 bits per heavy atom. The molecule has 3 rings (SSSR count). The highest BCUT2D eigenvalue weighted by molar-refractivity contribution is 5.94. The van der Waals surface area contributed by atoms with Crippen molar-refractivity contribution in [2.24, 2.45) is 5.10 Å². The van der Waals surface area contributed by atoms with Crippen molar-refractivity contribution in [1.29, 1.82) is 0 Å². The first-order valence-corrected chi connectivity index (χ1v) is 7.47. The molecule has 0 aliphatic rings. The lowest BCUT2D eigenvalue weighted by Crippen LogP contribution is -2.20. The summed E-state index contributed by atoms with van der Waals surface area (Å²) in [6.07, 6.45) is 6.05. The van der Waals surface area contributed by atoms with E-state index >= 15 is 0 Å². The molecule has 0 saturated carbocycles. The smallest absolute Gasteiger partial charge is 0.293 e. The third-order valence-electron chi connectivity index (χ3n) is 3.23. The highest BCUT2D eigenvalue weighted by atomic mass is 16.6. The molecule has 0 bridgehead atoms. The number of anilines is 1. The minimum absolute atomic E-state index is 0.0591. The Morgan fingerprint density at radius 2 is 2.36 bits per heavy atom. The van der Waals surface area contributed by atoms with Gasteiger partial charge in [0.1, 0.15) is 0 Å². The van der Waals surface area contributed by atoms with Gasteiger partial charge in [-0.25, -0.2) is 10.1 Å². The zero-order chi connectivity index (χ0) is 17.6. The number of rotatable bonds is 6. The second kappa shape index (κ2) is 7.29. The van der Waals surface area contributed by atoms with Crippen LogP contribution < -0.4 is 11.2 Å². The van der Waals surface area contributed by atoms with E-state index in [1.54, 1.807) is 18.5 Å². The average Bonchev–Trinajstić information content (AvgIpc) is 3.22. The second-order valence-corrected chi connectivity index (χ2v) is 5.01. The molecule has 0 fully saturated rings. The molecule has 128 valence electrons. The molecule has 3 N–H and O–H groups in total. The molecule has 0 radical (unpaired) electrons. The Kier molecular flexibility index (Phi) is 4.74. The van der Waals surface area contributed by atoms with E-state index < -0.39 is 5.91 Å². The van der Waals surface area contributed by atoms with Crippen LogP contribution in [0.2, 0.25) is 0 Å². The van der Waals surface area contributed by atoms with E-state index in [1.807, 2.05) is 13.0 Å². The third-order valence-corrected chi connectivity index (χ3v) is 3.23. The van der Waals surface area contributed by atoms with Gasteiger partial charge < -0.3 is 5.73 Å². The number of hydrogen-bond donors (Lipinski definition) is 2. The molecular weight excluding hydrogens is 326 g/mol. The topological polar surface area (TPSA) is 150 Å². The van der Waals surface area contributed by atoms with E-state index in [1.165, 1.54) is 10.9 Å². The lowest BCUT2D eigenvalue weighted by atomic mass is 10.2. The van der Waals surface area contributed by atoms with E-state index in [2.05, 4.69) is 40.8 Å². The van der Waals surface area contributed by atoms with Crippen molar-refractivity contribution in [3.63, 3.8) is 0 Å². The molecule has 0 spiro atoms. The van der Waals surface area contributed by atoms with Crippen molar-refractivity contribution < 1.29 is 9.42 Å². The highest BCUT2D eigenvalue weighted by Crippen LogP contribution is 2.17. The molecule has 0 aliphatic carbocycles. The first-order valence-electron chi connectivity index (χ1n) is 7.47. The Balaban J connectivity index is 1.82. The maximum atomic E-state index is 12.4. The number of amides is 1. The molecule has 3 heterocycles. The number of aromatic nitrogens is 6. The molecule has 0 atom stereocenters. The van der Waals surface area contributed by atoms with Gasteiger partial charge >= 0.3 is 0 Å². The minimum Gasteiger partial charge on any atom is -0.378 e. The van der Waals surface area contributed by atoms with Crippen LogP contribution in [0.3, 0.4) is 0 Å². The van der Waals surface area contributed by atoms with Gasteiger partial charge in [0.2, 0.25) is 11.6 Å². The fourth-order valence-electron chi connectivity index (χ4n) is 2.12. The van der Waals surface area contributed by atoms with E-state index in [0.717, 1.165) is 12.0 Å². The Labute approximate surface area is 141 Å². The van der Waals surface area contributed by atoms with Crippen molar-refractivity contribution >= 4 is 17.9 Å². The number of pyridine rings is 1. The fraction of sp³-hybridized carbons (Fsp3) is 0.214. The van der Waals surface area contributed by atoms with Gasteiger partial charge in [-0.3, -0.25) is 9.78 Å².